The first-order chi connectivity index (χ1) is 10.3. The first kappa shape index (κ1) is 18.2. The van der Waals surface area contributed by atoms with Crippen LogP contribution in [0.1, 0.15) is 39.5 Å². The predicted octanol–water partition coefficient (Wildman–Crippen LogP) is 1.70. The highest BCUT2D eigenvalue weighted by atomic mass is 16.5. The van der Waals surface area contributed by atoms with Crippen molar-refractivity contribution in [2.45, 2.75) is 39.5 Å². The first-order valence-electron chi connectivity index (χ1n) is 8.54. The van der Waals surface area contributed by atoms with Crippen molar-refractivity contribution in [3.63, 3.8) is 0 Å². The zero-order chi connectivity index (χ0) is 15.3. The van der Waals surface area contributed by atoms with E-state index in [9.17, 15) is 0 Å². The predicted molar refractivity (Wildman–Crippen MR) is 89.9 cm³/mol. The van der Waals surface area contributed by atoms with E-state index in [0.717, 1.165) is 51.0 Å². The molecule has 0 spiro atoms. The average molecular weight is 298 g/mol. The number of guanidine groups is 1. The van der Waals surface area contributed by atoms with Crippen LogP contribution in [0.15, 0.2) is 4.99 Å². The topological polar surface area (TPSA) is 48.9 Å². The van der Waals surface area contributed by atoms with Gasteiger partial charge in [0.05, 0.1) is 0 Å². The van der Waals surface area contributed by atoms with Crippen LogP contribution in [0.2, 0.25) is 0 Å². The van der Waals surface area contributed by atoms with E-state index in [-0.39, 0.29) is 0 Å². The van der Waals surface area contributed by atoms with E-state index in [1.807, 2.05) is 7.05 Å². The summed E-state index contributed by atoms with van der Waals surface area (Å²) in [6, 6.07) is 0. The molecule has 0 aliphatic carbocycles. The van der Waals surface area contributed by atoms with E-state index in [1.54, 1.807) is 0 Å². The summed E-state index contributed by atoms with van der Waals surface area (Å²) in [6.07, 6.45) is 4.68. The molecule has 0 aromatic carbocycles. The number of unbranched alkanes of at least 4 members (excludes halogenated alkanes) is 1. The van der Waals surface area contributed by atoms with Gasteiger partial charge in [-0.15, -0.1) is 0 Å². The monoisotopic (exact) mass is 298 g/mol. The number of nitrogens with zero attached hydrogens (tertiary/aromatic N) is 2. The second kappa shape index (κ2) is 11.8. The molecule has 1 aliphatic rings. The Bertz CT molecular complexity index is 283. The smallest absolute Gasteiger partial charge is 0.190 e. The normalized spacial score (nSPS) is 20.0. The summed E-state index contributed by atoms with van der Waals surface area (Å²) in [5, 5.41) is 6.79. The molecular formula is C16H34N4O. The van der Waals surface area contributed by atoms with Gasteiger partial charge in [-0.3, -0.25) is 4.99 Å². The summed E-state index contributed by atoms with van der Waals surface area (Å²) in [5.74, 6) is 1.67. The summed E-state index contributed by atoms with van der Waals surface area (Å²) in [4.78, 5) is 6.79. The molecule has 0 aromatic heterocycles. The third-order valence-corrected chi connectivity index (χ3v) is 4.00. The van der Waals surface area contributed by atoms with Gasteiger partial charge >= 0.3 is 0 Å². The summed E-state index contributed by atoms with van der Waals surface area (Å²) < 4.78 is 5.55. The molecule has 0 radical (unpaired) electrons. The van der Waals surface area contributed by atoms with Crippen LogP contribution in [0, 0.1) is 5.92 Å². The molecule has 2 N–H and O–H groups in total. The van der Waals surface area contributed by atoms with Gasteiger partial charge in [0.1, 0.15) is 0 Å². The van der Waals surface area contributed by atoms with E-state index in [1.165, 1.54) is 32.5 Å². The van der Waals surface area contributed by atoms with Gasteiger partial charge in [-0.05, 0) is 38.3 Å². The molecule has 0 aromatic rings. The molecule has 0 bridgehead atoms. The molecule has 1 fully saturated rings. The molecule has 1 unspecified atom stereocenters. The number of aliphatic imine (C=N–C) groups is 1. The highest BCUT2D eigenvalue weighted by Crippen LogP contribution is 2.14. The molecule has 1 atom stereocenters. The van der Waals surface area contributed by atoms with Gasteiger partial charge in [-0.2, -0.15) is 0 Å². The van der Waals surface area contributed by atoms with Crippen LogP contribution in [-0.2, 0) is 4.74 Å². The Morgan fingerprint density at radius 3 is 2.71 bits per heavy atom. The van der Waals surface area contributed by atoms with Crippen molar-refractivity contribution in [3.8, 4) is 0 Å². The quantitative estimate of drug-likeness (QED) is 0.366. The van der Waals surface area contributed by atoms with Crippen molar-refractivity contribution in [2.24, 2.45) is 10.9 Å². The summed E-state index contributed by atoms with van der Waals surface area (Å²) >= 11 is 0. The largest absolute Gasteiger partial charge is 0.381 e. The maximum atomic E-state index is 5.55. The fourth-order valence-electron chi connectivity index (χ4n) is 2.56. The molecule has 124 valence electrons. The Morgan fingerprint density at radius 2 is 2.05 bits per heavy atom. The molecule has 1 heterocycles. The average Bonchev–Trinajstić information content (AvgIpc) is 2.97. The molecule has 1 aliphatic heterocycles. The van der Waals surface area contributed by atoms with Crippen LogP contribution >= 0.6 is 0 Å². The van der Waals surface area contributed by atoms with Crippen LogP contribution in [0.25, 0.3) is 0 Å². The van der Waals surface area contributed by atoms with Gasteiger partial charge in [-0.25, -0.2) is 0 Å². The standard InChI is InChI=1S/C16H34N4O/c1-4-6-11-21-12-7-9-18-16(17-3)19-13-15-8-10-20(5-2)14-15/h15H,4-14H2,1-3H3,(H2,17,18,19). The van der Waals surface area contributed by atoms with Gasteiger partial charge in [0.25, 0.3) is 0 Å². The number of ether oxygens (including phenoxy) is 1. The van der Waals surface area contributed by atoms with Crippen molar-refractivity contribution < 1.29 is 4.74 Å². The minimum atomic E-state index is 0.751. The summed E-state index contributed by atoms with van der Waals surface area (Å²) in [5.41, 5.74) is 0. The molecule has 5 nitrogen and oxygen atoms in total. The lowest BCUT2D eigenvalue weighted by atomic mass is 10.1. The highest BCUT2D eigenvalue weighted by Gasteiger charge is 2.20. The van der Waals surface area contributed by atoms with Crippen molar-refractivity contribution in [3.05, 3.63) is 0 Å². The second-order valence-corrected chi connectivity index (χ2v) is 5.75. The summed E-state index contributed by atoms with van der Waals surface area (Å²) in [6.45, 7) is 11.7. The Kier molecular flexibility index (Phi) is 10.3. The summed E-state index contributed by atoms with van der Waals surface area (Å²) in [7, 11) is 1.83. The van der Waals surface area contributed by atoms with Crippen molar-refractivity contribution in [2.75, 3.05) is 53.0 Å². The molecule has 1 saturated heterocycles. The van der Waals surface area contributed by atoms with Crippen molar-refractivity contribution in [1.82, 2.24) is 15.5 Å². The minimum absolute atomic E-state index is 0.751. The minimum Gasteiger partial charge on any atom is -0.381 e. The van der Waals surface area contributed by atoms with Crippen LogP contribution in [0.4, 0.5) is 0 Å². The van der Waals surface area contributed by atoms with Crippen molar-refractivity contribution in [1.29, 1.82) is 0 Å². The third-order valence-electron chi connectivity index (χ3n) is 4.00. The maximum Gasteiger partial charge on any atom is 0.190 e. The first-order valence-corrected chi connectivity index (χ1v) is 8.54. The lowest BCUT2D eigenvalue weighted by molar-refractivity contribution is 0.129. The van der Waals surface area contributed by atoms with Gasteiger partial charge in [-0.1, -0.05) is 20.3 Å². The van der Waals surface area contributed by atoms with Gasteiger partial charge in [0.15, 0.2) is 5.96 Å². The zero-order valence-corrected chi connectivity index (χ0v) is 14.2. The molecule has 5 heteroatoms. The fourth-order valence-corrected chi connectivity index (χ4v) is 2.56. The maximum absolute atomic E-state index is 5.55. The Balaban J connectivity index is 2.02. The second-order valence-electron chi connectivity index (χ2n) is 5.75. The van der Waals surface area contributed by atoms with Crippen LogP contribution in [0.5, 0.6) is 0 Å². The SMILES string of the molecule is CCCCOCCCNC(=NC)NCC1CCN(CC)C1. The van der Waals surface area contributed by atoms with E-state index in [4.69, 9.17) is 4.74 Å². The highest BCUT2D eigenvalue weighted by molar-refractivity contribution is 5.79. The Morgan fingerprint density at radius 1 is 1.24 bits per heavy atom. The van der Waals surface area contributed by atoms with Gasteiger partial charge in [0, 0.05) is 39.9 Å². The van der Waals surface area contributed by atoms with Crippen molar-refractivity contribution >= 4 is 5.96 Å². The number of hydrogen-bond acceptors (Lipinski definition) is 3. The molecule has 0 amide bonds. The van der Waals surface area contributed by atoms with E-state index in [0.29, 0.717) is 0 Å². The van der Waals surface area contributed by atoms with E-state index < -0.39 is 0 Å². The number of hydrogen-bond donors (Lipinski definition) is 2. The van der Waals surface area contributed by atoms with Crippen LogP contribution in [0.3, 0.4) is 0 Å². The van der Waals surface area contributed by atoms with E-state index in [2.05, 4.69) is 34.4 Å². The Hall–Kier alpha value is -0.810. The van der Waals surface area contributed by atoms with Crippen LogP contribution in [-0.4, -0.2) is 63.8 Å². The van der Waals surface area contributed by atoms with Gasteiger partial charge in [0.2, 0.25) is 0 Å². The van der Waals surface area contributed by atoms with Crippen LogP contribution < -0.4 is 10.6 Å². The number of nitrogens with one attached hydrogen (secondary N) is 2. The molecule has 1 rings (SSSR count). The third kappa shape index (κ3) is 8.27. The molecule has 21 heavy (non-hydrogen) atoms. The number of rotatable bonds is 10. The molecular weight excluding hydrogens is 264 g/mol. The number of likely N-dealkylation sites (tertiary alicyclic amines) is 1. The van der Waals surface area contributed by atoms with E-state index >= 15 is 0 Å². The lowest BCUT2D eigenvalue weighted by Gasteiger charge is -2.16. The fraction of sp³-hybridized carbons (Fsp3) is 0.938. The Labute approximate surface area is 130 Å². The lowest BCUT2D eigenvalue weighted by Crippen LogP contribution is -2.40. The molecule has 0 saturated carbocycles. The van der Waals surface area contributed by atoms with Gasteiger partial charge < -0.3 is 20.3 Å². The zero-order valence-electron chi connectivity index (χ0n) is 14.2.